The first-order valence-electron chi connectivity index (χ1n) is 9.87. The number of H-pyrrole nitrogens is 1. The van der Waals surface area contributed by atoms with Crippen molar-refractivity contribution < 1.29 is 4.74 Å². The van der Waals surface area contributed by atoms with Gasteiger partial charge in [0, 0.05) is 21.6 Å². The lowest BCUT2D eigenvalue weighted by atomic mass is 10.1. The van der Waals surface area contributed by atoms with Crippen molar-refractivity contribution in [3.8, 4) is 17.1 Å². The largest absolute Gasteiger partial charge is 0.487 e. The van der Waals surface area contributed by atoms with E-state index in [1.807, 2.05) is 48.5 Å². The summed E-state index contributed by atoms with van der Waals surface area (Å²) in [4.78, 5) is 5.83. The highest BCUT2D eigenvalue weighted by atomic mass is 32.2. The Morgan fingerprint density at radius 2 is 1.77 bits per heavy atom. The fourth-order valence-corrected chi connectivity index (χ4v) is 4.10. The zero-order chi connectivity index (χ0) is 20.9. The number of nitrogens with one attached hydrogen (secondary N) is 1. The lowest BCUT2D eigenvalue weighted by molar-refractivity contribution is 0.301. The number of hydrogen-bond donors (Lipinski definition) is 1. The van der Waals surface area contributed by atoms with Crippen molar-refractivity contribution in [2.24, 2.45) is 0 Å². The van der Waals surface area contributed by atoms with Crippen LogP contribution in [0.5, 0.6) is 5.75 Å². The number of rotatable bonds is 7. The standard InChI is InChI=1S/C24H19N5OS/c1-2-7-23-18(4-1)12-13-20(25-23)15-30-21-5-3-6-22(14-21)31-16-17-8-10-19(11-9-17)24-26-28-29-27-24/h1-14H,15-16H2,(H,26,27,28,29). The molecule has 0 unspecified atom stereocenters. The number of aromatic amines is 1. The molecule has 5 rings (SSSR count). The molecule has 0 amide bonds. The van der Waals surface area contributed by atoms with E-state index in [4.69, 9.17) is 4.74 Å². The maximum absolute atomic E-state index is 5.99. The number of tetrazole rings is 1. The Kier molecular flexibility index (Phi) is 5.58. The first-order chi connectivity index (χ1) is 15.3. The summed E-state index contributed by atoms with van der Waals surface area (Å²) in [7, 11) is 0. The Labute approximate surface area is 183 Å². The van der Waals surface area contributed by atoms with Gasteiger partial charge in [0.25, 0.3) is 0 Å². The second kappa shape index (κ2) is 8.97. The average Bonchev–Trinajstić information content (AvgIpc) is 3.37. The van der Waals surface area contributed by atoms with E-state index in [0.717, 1.165) is 38.6 Å². The van der Waals surface area contributed by atoms with E-state index in [0.29, 0.717) is 12.4 Å². The van der Waals surface area contributed by atoms with Crippen LogP contribution in [-0.2, 0) is 12.4 Å². The quantitative estimate of drug-likeness (QED) is 0.357. The van der Waals surface area contributed by atoms with Crippen LogP contribution in [0, 0.1) is 0 Å². The third-order valence-corrected chi connectivity index (χ3v) is 5.88. The molecule has 0 aliphatic heterocycles. The van der Waals surface area contributed by atoms with E-state index in [9.17, 15) is 0 Å². The molecule has 0 fully saturated rings. The molecule has 5 aromatic rings. The highest BCUT2D eigenvalue weighted by Crippen LogP contribution is 2.27. The van der Waals surface area contributed by atoms with Crippen molar-refractivity contribution in [1.82, 2.24) is 25.6 Å². The Bertz CT molecular complexity index is 1290. The maximum atomic E-state index is 5.99. The Hall–Kier alpha value is -3.71. The van der Waals surface area contributed by atoms with Crippen molar-refractivity contribution in [1.29, 1.82) is 0 Å². The third kappa shape index (κ3) is 4.73. The van der Waals surface area contributed by atoms with Crippen LogP contribution >= 0.6 is 11.8 Å². The smallest absolute Gasteiger partial charge is 0.204 e. The number of fused-ring (bicyclic) bond motifs is 1. The van der Waals surface area contributed by atoms with E-state index >= 15 is 0 Å². The van der Waals surface area contributed by atoms with Crippen molar-refractivity contribution in [2.45, 2.75) is 17.3 Å². The second-order valence-electron chi connectivity index (χ2n) is 6.98. The van der Waals surface area contributed by atoms with E-state index in [1.165, 1.54) is 5.56 Å². The van der Waals surface area contributed by atoms with Crippen LogP contribution < -0.4 is 4.74 Å². The second-order valence-corrected chi connectivity index (χ2v) is 8.03. The average molecular weight is 426 g/mol. The minimum atomic E-state index is 0.441. The summed E-state index contributed by atoms with van der Waals surface area (Å²) < 4.78 is 5.99. The minimum absolute atomic E-state index is 0.441. The van der Waals surface area contributed by atoms with Gasteiger partial charge < -0.3 is 4.74 Å². The number of para-hydroxylation sites is 1. The minimum Gasteiger partial charge on any atom is -0.487 e. The molecular weight excluding hydrogens is 406 g/mol. The van der Waals surface area contributed by atoms with Crippen molar-refractivity contribution >= 4 is 22.7 Å². The van der Waals surface area contributed by atoms with Crippen LogP contribution in [0.1, 0.15) is 11.3 Å². The van der Waals surface area contributed by atoms with Crippen LogP contribution in [0.4, 0.5) is 0 Å². The van der Waals surface area contributed by atoms with Crippen molar-refractivity contribution in [3.05, 3.63) is 96.2 Å². The normalized spacial score (nSPS) is 11.0. The molecule has 0 radical (unpaired) electrons. The van der Waals surface area contributed by atoms with Crippen LogP contribution in [0.3, 0.4) is 0 Å². The van der Waals surface area contributed by atoms with Crippen molar-refractivity contribution in [2.75, 3.05) is 0 Å². The first-order valence-corrected chi connectivity index (χ1v) is 10.9. The predicted molar refractivity (Wildman–Crippen MR) is 122 cm³/mol. The van der Waals surface area contributed by atoms with Gasteiger partial charge in [0.05, 0.1) is 11.2 Å². The monoisotopic (exact) mass is 425 g/mol. The Morgan fingerprint density at radius 3 is 2.65 bits per heavy atom. The van der Waals surface area contributed by atoms with Crippen LogP contribution in [0.2, 0.25) is 0 Å². The summed E-state index contributed by atoms with van der Waals surface area (Å²) in [6.45, 7) is 0.441. The number of benzene rings is 3. The molecule has 6 nitrogen and oxygen atoms in total. The zero-order valence-electron chi connectivity index (χ0n) is 16.6. The summed E-state index contributed by atoms with van der Waals surface area (Å²) >= 11 is 1.77. The summed E-state index contributed by atoms with van der Waals surface area (Å²) in [6.07, 6.45) is 0. The molecule has 7 heteroatoms. The number of pyridine rings is 1. The van der Waals surface area contributed by atoms with Gasteiger partial charge in [-0.05, 0) is 41.1 Å². The predicted octanol–water partition coefficient (Wildman–Crippen LogP) is 5.29. The fourth-order valence-electron chi connectivity index (χ4n) is 3.20. The van der Waals surface area contributed by atoms with Gasteiger partial charge in [0.15, 0.2) is 0 Å². The number of ether oxygens (including phenoxy) is 1. The molecule has 0 spiro atoms. The Morgan fingerprint density at radius 1 is 0.871 bits per heavy atom. The molecule has 0 saturated carbocycles. The summed E-state index contributed by atoms with van der Waals surface area (Å²) in [6, 6.07) is 28.6. The lowest BCUT2D eigenvalue weighted by Crippen LogP contribution is -1.98. The number of nitrogens with zero attached hydrogens (tertiary/aromatic N) is 4. The molecule has 0 atom stereocenters. The Balaban J connectivity index is 1.19. The van der Waals surface area contributed by atoms with Crippen LogP contribution in [-0.4, -0.2) is 25.6 Å². The zero-order valence-corrected chi connectivity index (χ0v) is 17.4. The first kappa shape index (κ1) is 19.3. The molecular formula is C24H19N5OS. The molecule has 31 heavy (non-hydrogen) atoms. The molecule has 2 heterocycles. The molecule has 0 aliphatic carbocycles. The number of thioether (sulfide) groups is 1. The van der Waals surface area contributed by atoms with E-state index in [2.05, 4.69) is 62.0 Å². The topological polar surface area (TPSA) is 76.6 Å². The fraction of sp³-hybridized carbons (Fsp3) is 0.0833. The van der Waals surface area contributed by atoms with Gasteiger partial charge in [-0.25, -0.2) is 4.98 Å². The molecule has 0 saturated heterocycles. The highest BCUT2D eigenvalue weighted by Gasteiger charge is 2.04. The van der Waals surface area contributed by atoms with Gasteiger partial charge in [-0.2, -0.15) is 5.21 Å². The van der Waals surface area contributed by atoms with E-state index < -0.39 is 0 Å². The van der Waals surface area contributed by atoms with Gasteiger partial charge in [0.1, 0.15) is 12.4 Å². The summed E-state index contributed by atoms with van der Waals surface area (Å²) in [5.41, 5.74) is 4.07. The number of hydrogen-bond acceptors (Lipinski definition) is 6. The molecule has 152 valence electrons. The molecule has 2 aromatic heterocycles. The molecule has 3 aromatic carbocycles. The lowest BCUT2D eigenvalue weighted by Gasteiger charge is -2.09. The summed E-state index contributed by atoms with van der Waals surface area (Å²) in [5.74, 6) is 2.31. The maximum Gasteiger partial charge on any atom is 0.204 e. The van der Waals surface area contributed by atoms with Gasteiger partial charge in [-0.15, -0.1) is 22.0 Å². The SMILES string of the molecule is c1cc(OCc2ccc3ccccc3n2)cc(SCc2ccc(-c3nn[nH]n3)cc2)c1. The van der Waals surface area contributed by atoms with E-state index in [1.54, 1.807) is 11.8 Å². The molecule has 0 bridgehead atoms. The van der Waals surface area contributed by atoms with Gasteiger partial charge >= 0.3 is 0 Å². The van der Waals surface area contributed by atoms with Crippen LogP contribution in [0.25, 0.3) is 22.3 Å². The van der Waals surface area contributed by atoms with Crippen LogP contribution in [0.15, 0.2) is 89.8 Å². The third-order valence-electron chi connectivity index (χ3n) is 4.81. The van der Waals surface area contributed by atoms with Gasteiger partial charge in [-0.3, -0.25) is 0 Å². The molecule has 0 aliphatic rings. The molecule has 1 N–H and O–H groups in total. The van der Waals surface area contributed by atoms with Crippen molar-refractivity contribution in [3.63, 3.8) is 0 Å². The van der Waals surface area contributed by atoms with E-state index in [-0.39, 0.29) is 0 Å². The van der Waals surface area contributed by atoms with Gasteiger partial charge in [-0.1, -0.05) is 54.6 Å². The summed E-state index contributed by atoms with van der Waals surface area (Å²) in [5, 5.41) is 15.2. The number of aromatic nitrogens is 5. The highest BCUT2D eigenvalue weighted by molar-refractivity contribution is 7.98. The van der Waals surface area contributed by atoms with Gasteiger partial charge in [0.2, 0.25) is 5.82 Å².